The van der Waals surface area contributed by atoms with Crippen molar-refractivity contribution in [3.05, 3.63) is 66.1 Å². The first-order valence-electron chi connectivity index (χ1n) is 8.34. The Labute approximate surface area is 163 Å². The number of carbonyl (C=O) groups is 1. The number of aromatic nitrogens is 2. The van der Waals surface area contributed by atoms with Crippen LogP contribution in [0.4, 0.5) is 5.82 Å². The molecule has 2 aromatic carbocycles. The number of anilines is 1. The highest BCUT2D eigenvalue weighted by molar-refractivity contribution is 5.87. The van der Waals surface area contributed by atoms with Crippen LogP contribution in [0.3, 0.4) is 0 Å². The van der Waals surface area contributed by atoms with Gasteiger partial charge in [0.05, 0.1) is 13.5 Å². The first kappa shape index (κ1) is 18.2. The molecule has 1 aliphatic rings. The zero-order valence-electron chi connectivity index (χ0n) is 14.7. The number of hydrogen-bond donors (Lipinski definition) is 1. The summed E-state index contributed by atoms with van der Waals surface area (Å²) in [6, 6.07) is 16.3. The van der Waals surface area contributed by atoms with E-state index >= 15 is 0 Å². The molecule has 1 amide bonds. The number of halogens is 1. The van der Waals surface area contributed by atoms with Crippen molar-refractivity contribution in [2.45, 2.75) is 19.8 Å². The van der Waals surface area contributed by atoms with Crippen molar-refractivity contribution in [3.8, 4) is 17.1 Å². The number of nitrogens with one attached hydrogen (secondary N) is 1. The zero-order chi connectivity index (χ0) is 17.4. The minimum Gasteiger partial charge on any atom is -1.00 e. The van der Waals surface area contributed by atoms with Crippen LogP contribution in [0.25, 0.3) is 11.4 Å². The maximum atomic E-state index is 11.7. The number of amides is 1. The first-order chi connectivity index (χ1) is 12.2. The summed E-state index contributed by atoms with van der Waals surface area (Å²) in [6.45, 7) is 1.53. The molecule has 0 atom stereocenters. The average molecular weight is 414 g/mol. The molecule has 1 aliphatic heterocycles. The number of para-hydroxylation sites is 1. The van der Waals surface area contributed by atoms with E-state index in [9.17, 15) is 4.79 Å². The number of methoxy groups -OCH3 is 1. The molecule has 6 heteroatoms. The topological polar surface area (TPSA) is 47.1 Å². The van der Waals surface area contributed by atoms with Crippen molar-refractivity contribution in [3.63, 3.8) is 0 Å². The van der Waals surface area contributed by atoms with Gasteiger partial charge in [-0.15, -0.1) is 0 Å². The van der Waals surface area contributed by atoms with Gasteiger partial charge >= 0.3 is 0 Å². The second-order valence-electron chi connectivity index (χ2n) is 6.14. The predicted molar refractivity (Wildman–Crippen MR) is 95.6 cm³/mol. The van der Waals surface area contributed by atoms with Crippen molar-refractivity contribution < 1.29 is 31.1 Å². The second-order valence-corrected chi connectivity index (χ2v) is 6.14. The Morgan fingerprint density at radius 2 is 1.85 bits per heavy atom. The molecule has 0 saturated heterocycles. The maximum Gasteiger partial charge on any atom is 0.268 e. The van der Waals surface area contributed by atoms with E-state index in [1.165, 1.54) is 18.2 Å². The smallest absolute Gasteiger partial charge is 0.268 e. The fourth-order valence-corrected chi connectivity index (χ4v) is 3.43. The lowest BCUT2D eigenvalue weighted by molar-refractivity contribution is -0.606. The van der Waals surface area contributed by atoms with Gasteiger partial charge in [-0.2, -0.15) is 9.13 Å². The largest absolute Gasteiger partial charge is 1.00 e. The van der Waals surface area contributed by atoms with Crippen LogP contribution in [0.2, 0.25) is 0 Å². The molecule has 0 unspecified atom stereocenters. The number of imidazole rings is 1. The fourth-order valence-electron chi connectivity index (χ4n) is 3.43. The minimum absolute atomic E-state index is 0. The van der Waals surface area contributed by atoms with Gasteiger partial charge in [0, 0.05) is 6.92 Å². The van der Waals surface area contributed by atoms with Gasteiger partial charge in [-0.25, -0.2) is 0 Å². The molecule has 1 N–H and O–H groups in total. The Morgan fingerprint density at radius 1 is 1.12 bits per heavy atom. The molecule has 0 fully saturated rings. The maximum absolute atomic E-state index is 11.7. The van der Waals surface area contributed by atoms with E-state index in [1.54, 1.807) is 7.11 Å². The number of aryl methyl sites for hydroxylation is 1. The van der Waals surface area contributed by atoms with Gasteiger partial charge in [-0.1, -0.05) is 18.2 Å². The van der Waals surface area contributed by atoms with Crippen LogP contribution in [-0.2, 0) is 17.6 Å². The highest BCUT2D eigenvalue weighted by Crippen LogP contribution is 2.26. The molecule has 4 rings (SSSR count). The second kappa shape index (κ2) is 7.33. The predicted octanol–water partition coefficient (Wildman–Crippen LogP) is -0.176. The van der Waals surface area contributed by atoms with E-state index in [0.29, 0.717) is 0 Å². The Kier molecular flexibility index (Phi) is 5.13. The Hall–Kier alpha value is -2.60. The van der Waals surface area contributed by atoms with Crippen LogP contribution in [0.15, 0.2) is 54.7 Å². The summed E-state index contributed by atoms with van der Waals surface area (Å²) >= 11 is 0. The highest BCUT2D eigenvalue weighted by Gasteiger charge is 2.31. The van der Waals surface area contributed by atoms with Crippen LogP contribution in [0, 0.1) is 0 Å². The summed E-state index contributed by atoms with van der Waals surface area (Å²) in [5.74, 6) is 2.64. The van der Waals surface area contributed by atoms with E-state index in [4.69, 9.17) is 4.74 Å². The number of benzene rings is 2. The number of hydrogen-bond acceptors (Lipinski definition) is 2. The summed E-state index contributed by atoms with van der Waals surface area (Å²) < 4.78 is 9.54. The highest BCUT2D eigenvalue weighted by atomic mass is 79.9. The number of carbonyl (C=O) groups excluding carboxylic acids is 1. The third kappa shape index (κ3) is 3.12. The molecule has 0 radical (unpaired) electrons. The molecule has 0 aliphatic carbocycles. The fraction of sp³-hybridized carbons (Fsp3) is 0.200. The van der Waals surface area contributed by atoms with E-state index in [0.717, 1.165) is 35.9 Å². The molecular weight excluding hydrogens is 394 g/mol. The lowest BCUT2D eigenvalue weighted by Crippen LogP contribution is -3.00. The third-order valence-corrected chi connectivity index (χ3v) is 4.53. The summed E-state index contributed by atoms with van der Waals surface area (Å²) in [7, 11) is 1.65. The monoisotopic (exact) mass is 413 g/mol. The molecule has 0 spiro atoms. The van der Waals surface area contributed by atoms with E-state index in [-0.39, 0.29) is 22.9 Å². The molecule has 2 heterocycles. The Bertz CT molecular complexity index is 948. The quantitative estimate of drug-likeness (QED) is 0.605. The Balaban J connectivity index is 0.00000196. The molecule has 5 nitrogen and oxygen atoms in total. The van der Waals surface area contributed by atoms with E-state index in [2.05, 4.69) is 32.7 Å². The first-order valence-corrected chi connectivity index (χ1v) is 8.34. The van der Waals surface area contributed by atoms with Crippen molar-refractivity contribution in [2.24, 2.45) is 0 Å². The van der Waals surface area contributed by atoms with Crippen LogP contribution >= 0.6 is 0 Å². The minimum atomic E-state index is -0.0847. The zero-order valence-corrected chi connectivity index (χ0v) is 16.3. The number of rotatable bonds is 3. The van der Waals surface area contributed by atoms with Gasteiger partial charge < -0.3 is 21.7 Å². The summed E-state index contributed by atoms with van der Waals surface area (Å²) in [5.41, 5.74) is 3.49. The third-order valence-electron chi connectivity index (χ3n) is 4.53. The lowest BCUT2D eigenvalue weighted by atomic mass is 10.0. The van der Waals surface area contributed by atoms with Crippen molar-refractivity contribution >= 4 is 11.7 Å². The molecule has 134 valence electrons. The van der Waals surface area contributed by atoms with Crippen LogP contribution in [0.5, 0.6) is 5.75 Å². The van der Waals surface area contributed by atoms with E-state index in [1.807, 2.05) is 36.5 Å². The van der Waals surface area contributed by atoms with Gasteiger partial charge in [0.1, 0.15) is 17.1 Å². The van der Waals surface area contributed by atoms with Gasteiger partial charge in [0.15, 0.2) is 6.20 Å². The van der Waals surface area contributed by atoms with Crippen molar-refractivity contribution in [1.29, 1.82) is 0 Å². The number of ether oxygens (including phenoxy) is 1. The lowest BCUT2D eigenvalue weighted by Gasteiger charge is -2.13. The molecule has 0 saturated carbocycles. The normalized spacial score (nSPS) is 11.8. The average Bonchev–Trinajstić information content (AvgIpc) is 2.99. The molecular formula is C20H20BrN3O2. The Morgan fingerprint density at radius 3 is 2.54 bits per heavy atom. The van der Waals surface area contributed by atoms with Gasteiger partial charge in [0.2, 0.25) is 11.7 Å². The van der Waals surface area contributed by atoms with Crippen LogP contribution in [0.1, 0.15) is 18.3 Å². The molecule has 3 aromatic rings. The number of nitrogens with zero attached hydrogens (tertiary/aromatic N) is 2. The summed E-state index contributed by atoms with van der Waals surface area (Å²) in [4.78, 5) is 11.7. The van der Waals surface area contributed by atoms with E-state index < -0.39 is 0 Å². The van der Waals surface area contributed by atoms with Crippen molar-refractivity contribution in [1.82, 2.24) is 4.57 Å². The van der Waals surface area contributed by atoms with Gasteiger partial charge in [-0.05, 0) is 42.3 Å². The van der Waals surface area contributed by atoms with Crippen LogP contribution in [-0.4, -0.2) is 17.6 Å². The number of fused-ring (bicyclic) bond motifs is 3. The standard InChI is InChI=1S/C20H19N3O2.BrH/c1-14(24)21-19-13-22-18-6-4-3-5-15(18)7-12-20(22)23(19)16-8-10-17(25-2)11-9-16;/h3-6,8-11,13H,7,12H2,1-2H3;1H. The van der Waals surface area contributed by atoms with Crippen molar-refractivity contribution in [2.75, 3.05) is 12.4 Å². The molecule has 0 bridgehead atoms. The van der Waals surface area contributed by atoms with Gasteiger partial charge in [0.25, 0.3) is 5.82 Å². The summed E-state index contributed by atoms with van der Waals surface area (Å²) in [5, 5.41) is 2.96. The molecule has 1 aromatic heterocycles. The SMILES string of the molecule is COc1ccc(-n2c(NC(C)=O)c[n+]3c2CCc2ccccc2-3)cc1.[Br-]. The van der Waals surface area contributed by atoms with Gasteiger partial charge in [-0.3, -0.25) is 10.1 Å². The summed E-state index contributed by atoms with van der Waals surface area (Å²) in [6.07, 6.45) is 3.89. The molecule has 26 heavy (non-hydrogen) atoms. The van der Waals surface area contributed by atoms with Crippen LogP contribution < -0.4 is 31.6 Å².